The molecule has 1 amide bonds. The van der Waals surface area contributed by atoms with Crippen LogP contribution in [0.3, 0.4) is 0 Å². The lowest BCUT2D eigenvalue weighted by molar-refractivity contribution is -0.163. The van der Waals surface area contributed by atoms with Crippen molar-refractivity contribution in [2.75, 3.05) is 6.79 Å². The summed E-state index contributed by atoms with van der Waals surface area (Å²) in [5.74, 6) is -3.03. The molecule has 0 aliphatic carbocycles. The van der Waals surface area contributed by atoms with E-state index in [-0.39, 0.29) is 30.1 Å². The van der Waals surface area contributed by atoms with Crippen molar-refractivity contribution in [3.8, 4) is 5.75 Å². The molecule has 12 heteroatoms. The topological polar surface area (TPSA) is 111 Å². The minimum atomic E-state index is -4.49. The number of ether oxygens (including phenoxy) is 2. The monoisotopic (exact) mass is 417 g/mol. The summed E-state index contributed by atoms with van der Waals surface area (Å²) in [4.78, 5) is 35.0. The average molecular weight is 417 g/mol. The van der Waals surface area contributed by atoms with Crippen molar-refractivity contribution in [3.05, 3.63) is 29.3 Å². The summed E-state index contributed by atoms with van der Waals surface area (Å²) in [6.07, 6.45) is -6.29. The van der Waals surface area contributed by atoms with Crippen LogP contribution >= 0.6 is 0 Å². The molecule has 1 unspecified atom stereocenters. The molecule has 2 rings (SSSR count). The third kappa shape index (κ3) is 6.66. The van der Waals surface area contributed by atoms with Crippen LogP contribution in [0.2, 0.25) is 0 Å². The van der Waals surface area contributed by atoms with Gasteiger partial charge < -0.3 is 24.5 Å². The van der Waals surface area contributed by atoms with Gasteiger partial charge in [-0.1, -0.05) is 19.1 Å². The fourth-order valence-corrected chi connectivity index (χ4v) is 2.56. The number of alkyl halides is 3. The third-order valence-corrected chi connectivity index (χ3v) is 4.03. The first kappa shape index (κ1) is 22.5. The second kappa shape index (κ2) is 9.63. The highest BCUT2D eigenvalue weighted by molar-refractivity contribution is 6.47. The third-order valence-electron chi connectivity index (χ3n) is 4.03. The fourth-order valence-electron chi connectivity index (χ4n) is 2.56. The van der Waals surface area contributed by atoms with E-state index in [0.717, 1.165) is 0 Å². The van der Waals surface area contributed by atoms with E-state index in [1.54, 1.807) is 13.0 Å². The van der Waals surface area contributed by atoms with Crippen molar-refractivity contribution < 1.29 is 46.7 Å². The zero-order valence-corrected chi connectivity index (χ0v) is 15.5. The molecule has 0 radical (unpaired) electrons. The Morgan fingerprint density at radius 3 is 2.69 bits per heavy atom. The maximum Gasteiger partial charge on any atom is 0.547 e. The van der Waals surface area contributed by atoms with E-state index in [0.29, 0.717) is 5.56 Å². The molecule has 1 aliphatic rings. The highest BCUT2D eigenvalue weighted by atomic mass is 19.4. The standard InChI is InChI=1S/C17H19BF3NO7/c1-2-13(23)22-12-8-10-4-3-5-11(15(10)29-18(12)26)16(25)28-9-27-14(24)6-7-17(19,20)21/h3-5,12,26H,2,6-9H2,1H3,(H,22,23). The summed E-state index contributed by atoms with van der Waals surface area (Å²) in [6, 6.07) is 4.52. The molecule has 1 atom stereocenters. The van der Waals surface area contributed by atoms with Crippen molar-refractivity contribution in [3.63, 3.8) is 0 Å². The van der Waals surface area contributed by atoms with Gasteiger partial charge in [0, 0.05) is 6.42 Å². The van der Waals surface area contributed by atoms with Gasteiger partial charge in [0.2, 0.25) is 12.7 Å². The zero-order valence-electron chi connectivity index (χ0n) is 15.5. The van der Waals surface area contributed by atoms with Gasteiger partial charge in [-0.2, -0.15) is 13.2 Å². The molecule has 0 spiro atoms. The van der Waals surface area contributed by atoms with Crippen LogP contribution in [0.15, 0.2) is 18.2 Å². The van der Waals surface area contributed by atoms with Crippen LogP contribution in [0.4, 0.5) is 13.2 Å². The molecule has 0 saturated carbocycles. The van der Waals surface area contributed by atoms with Gasteiger partial charge in [-0.3, -0.25) is 9.59 Å². The summed E-state index contributed by atoms with van der Waals surface area (Å²) in [6.45, 7) is 0.792. The second-order valence-corrected chi connectivity index (χ2v) is 6.22. The summed E-state index contributed by atoms with van der Waals surface area (Å²) < 4.78 is 50.7. The molecular formula is C17H19BF3NO7. The highest BCUT2D eigenvalue weighted by Crippen LogP contribution is 2.30. The summed E-state index contributed by atoms with van der Waals surface area (Å²) in [7, 11) is -1.40. The smallest absolute Gasteiger partial charge is 0.534 e. The molecule has 158 valence electrons. The van der Waals surface area contributed by atoms with E-state index >= 15 is 0 Å². The number of hydrogen-bond acceptors (Lipinski definition) is 7. The minimum absolute atomic E-state index is 0.0513. The lowest BCUT2D eigenvalue weighted by atomic mass is 9.72. The van der Waals surface area contributed by atoms with Gasteiger partial charge in [0.25, 0.3) is 0 Å². The molecule has 1 aromatic rings. The van der Waals surface area contributed by atoms with Gasteiger partial charge in [0.1, 0.15) is 11.3 Å². The molecule has 1 aromatic carbocycles. The minimum Gasteiger partial charge on any atom is -0.534 e. The predicted molar refractivity (Wildman–Crippen MR) is 92.6 cm³/mol. The van der Waals surface area contributed by atoms with Crippen LogP contribution in [0, 0.1) is 0 Å². The number of fused-ring (bicyclic) bond motifs is 1. The van der Waals surface area contributed by atoms with Crippen LogP contribution in [-0.4, -0.2) is 48.9 Å². The number of nitrogens with one attached hydrogen (secondary N) is 1. The molecule has 0 aromatic heterocycles. The number of halogens is 3. The van der Waals surface area contributed by atoms with Gasteiger partial charge >= 0.3 is 25.2 Å². The largest absolute Gasteiger partial charge is 0.547 e. The van der Waals surface area contributed by atoms with Crippen LogP contribution in [0.5, 0.6) is 5.75 Å². The Bertz CT molecular complexity index is 772. The molecular weight excluding hydrogens is 398 g/mol. The second-order valence-electron chi connectivity index (χ2n) is 6.22. The van der Waals surface area contributed by atoms with Gasteiger partial charge in [0.05, 0.1) is 18.8 Å². The molecule has 0 bridgehead atoms. The van der Waals surface area contributed by atoms with E-state index in [1.165, 1.54) is 12.1 Å². The van der Waals surface area contributed by atoms with Gasteiger partial charge in [-0.25, -0.2) is 4.79 Å². The first-order valence-corrected chi connectivity index (χ1v) is 8.76. The normalized spacial score (nSPS) is 15.8. The number of para-hydroxylation sites is 1. The Balaban J connectivity index is 1.95. The van der Waals surface area contributed by atoms with Gasteiger partial charge in [-0.05, 0) is 18.1 Å². The fraction of sp³-hybridized carbons (Fsp3) is 0.471. The van der Waals surface area contributed by atoms with Crippen LogP contribution in [-0.2, 0) is 25.5 Å². The van der Waals surface area contributed by atoms with Gasteiger partial charge in [0.15, 0.2) is 0 Å². The molecule has 0 saturated heterocycles. The van der Waals surface area contributed by atoms with Crippen LogP contribution in [0.25, 0.3) is 0 Å². The van der Waals surface area contributed by atoms with E-state index < -0.39 is 50.8 Å². The van der Waals surface area contributed by atoms with Crippen LogP contribution in [0.1, 0.15) is 42.1 Å². The zero-order chi connectivity index (χ0) is 21.6. The van der Waals surface area contributed by atoms with Gasteiger partial charge in [-0.15, -0.1) is 0 Å². The Kier molecular flexibility index (Phi) is 7.49. The predicted octanol–water partition coefficient (Wildman–Crippen LogP) is 1.54. The maximum absolute atomic E-state index is 12.2. The summed E-state index contributed by atoms with van der Waals surface area (Å²) in [5, 5.41) is 12.7. The molecule has 8 nitrogen and oxygen atoms in total. The van der Waals surface area contributed by atoms with Crippen molar-refractivity contribution in [1.82, 2.24) is 5.32 Å². The number of hydrogen-bond donors (Lipinski definition) is 2. The Labute approximate surface area is 164 Å². The SMILES string of the molecule is CCC(=O)NC1Cc2cccc(C(=O)OCOC(=O)CCC(F)(F)F)c2OB1O. The number of carbonyl (C=O) groups excluding carboxylic acids is 3. The van der Waals surface area contributed by atoms with Crippen molar-refractivity contribution in [2.24, 2.45) is 0 Å². The lowest BCUT2D eigenvalue weighted by Gasteiger charge is -2.29. The highest BCUT2D eigenvalue weighted by Gasteiger charge is 2.37. The van der Waals surface area contributed by atoms with Crippen molar-refractivity contribution in [2.45, 2.75) is 44.7 Å². The van der Waals surface area contributed by atoms with Crippen LogP contribution < -0.4 is 9.97 Å². The molecule has 1 aliphatic heterocycles. The van der Waals surface area contributed by atoms with E-state index in [1.807, 2.05) is 0 Å². The first-order chi connectivity index (χ1) is 13.6. The Hall–Kier alpha value is -2.76. The summed E-state index contributed by atoms with van der Waals surface area (Å²) >= 11 is 0. The molecule has 0 fully saturated rings. The quantitative estimate of drug-likeness (QED) is 0.393. The Morgan fingerprint density at radius 2 is 2.03 bits per heavy atom. The molecule has 29 heavy (non-hydrogen) atoms. The van der Waals surface area contributed by atoms with E-state index in [4.69, 9.17) is 9.39 Å². The summed E-state index contributed by atoms with van der Waals surface area (Å²) in [5.41, 5.74) is 0.474. The molecule has 2 N–H and O–H groups in total. The number of rotatable bonds is 7. The number of esters is 2. The Morgan fingerprint density at radius 1 is 1.31 bits per heavy atom. The van der Waals surface area contributed by atoms with Crippen molar-refractivity contribution in [1.29, 1.82) is 0 Å². The van der Waals surface area contributed by atoms with E-state index in [9.17, 15) is 32.6 Å². The molecule has 1 heterocycles. The number of benzene rings is 1. The average Bonchev–Trinajstić information content (AvgIpc) is 2.65. The first-order valence-electron chi connectivity index (χ1n) is 8.76. The van der Waals surface area contributed by atoms with E-state index in [2.05, 4.69) is 10.1 Å². The number of amides is 1. The van der Waals surface area contributed by atoms with Crippen molar-refractivity contribution >= 4 is 25.0 Å². The number of carbonyl (C=O) groups is 3. The maximum atomic E-state index is 12.2. The lowest BCUT2D eigenvalue weighted by Crippen LogP contribution is -2.53.